The fourth-order valence-electron chi connectivity index (χ4n) is 3.21. The summed E-state index contributed by atoms with van der Waals surface area (Å²) in [5, 5.41) is 14.8. The van der Waals surface area contributed by atoms with Gasteiger partial charge < -0.3 is 10.4 Å². The zero-order chi connectivity index (χ0) is 15.9. The van der Waals surface area contributed by atoms with E-state index in [0.717, 1.165) is 12.8 Å². The number of rotatable bonds is 7. The molecule has 1 amide bonds. The molecule has 0 aliphatic heterocycles. The van der Waals surface area contributed by atoms with Gasteiger partial charge in [0.25, 0.3) is 0 Å². The summed E-state index contributed by atoms with van der Waals surface area (Å²) in [6, 6.07) is 4.53. The van der Waals surface area contributed by atoms with Crippen molar-refractivity contribution in [1.29, 1.82) is 0 Å². The Morgan fingerprint density at radius 1 is 1.41 bits per heavy atom. The standard InChI is InChI=1S/C17H28N2O2S/c1-13(20)11-19(15-7-4-3-5-8-15)12-17(21)18-14(2)16-9-6-10-22-16/h6,9-10,13-15,20H,3-5,7-8,11-12H2,1-2H3,(H,18,21). The third-order valence-corrected chi connectivity index (χ3v) is 5.34. The summed E-state index contributed by atoms with van der Waals surface area (Å²) in [5.74, 6) is 0.0483. The molecule has 4 nitrogen and oxygen atoms in total. The minimum absolute atomic E-state index is 0.0483. The Morgan fingerprint density at radius 3 is 2.73 bits per heavy atom. The lowest BCUT2D eigenvalue weighted by atomic mass is 9.94. The van der Waals surface area contributed by atoms with Crippen molar-refractivity contribution in [3.05, 3.63) is 22.4 Å². The second-order valence-electron chi connectivity index (χ2n) is 6.37. The first-order valence-electron chi connectivity index (χ1n) is 8.31. The first kappa shape index (κ1) is 17.4. The van der Waals surface area contributed by atoms with Crippen LogP contribution in [0.25, 0.3) is 0 Å². The molecule has 5 heteroatoms. The van der Waals surface area contributed by atoms with Crippen molar-refractivity contribution in [2.45, 2.75) is 64.1 Å². The first-order valence-corrected chi connectivity index (χ1v) is 9.19. The Bertz CT molecular complexity index is 442. The first-order chi connectivity index (χ1) is 10.6. The second kappa shape index (κ2) is 8.65. The van der Waals surface area contributed by atoms with Crippen molar-refractivity contribution >= 4 is 17.2 Å². The van der Waals surface area contributed by atoms with Gasteiger partial charge in [-0.2, -0.15) is 0 Å². The highest BCUT2D eigenvalue weighted by atomic mass is 32.1. The summed E-state index contributed by atoms with van der Waals surface area (Å²) in [6.45, 7) is 4.77. The second-order valence-corrected chi connectivity index (χ2v) is 7.35. The van der Waals surface area contributed by atoms with E-state index in [-0.39, 0.29) is 11.9 Å². The van der Waals surface area contributed by atoms with Gasteiger partial charge in [-0.3, -0.25) is 9.69 Å². The minimum Gasteiger partial charge on any atom is -0.392 e. The number of thiophene rings is 1. The molecule has 2 N–H and O–H groups in total. The van der Waals surface area contributed by atoms with Crippen molar-refractivity contribution in [2.24, 2.45) is 0 Å². The molecule has 2 rings (SSSR count). The Morgan fingerprint density at radius 2 is 2.14 bits per heavy atom. The van der Waals surface area contributed by atoms with E-state index in [4.69, 9.17) is 0 Å². The molecule has 0 aromatic carbocycles. The molecule has 1 saturated carbocycles. The number of aliphatic hydroxyl groups excluding tert-OH is 1. The lowest BCUT2D eigenvalue weighted by Gasteiger charge is -2.34. The average molecular weight is 324 g/mol. The molecule has 1 aromatic heterocycles. The number of nitrogens with zero attached hydrogens (tertiary/aromatic N) is 1. The van der Waals surface area contributed by atoms with Crippen LogP contribution in [0, 0.1) is 0 Å². The van der Waals surface area contributed by atoms with Crippen molar-refractivity contribution in [2.75, 3.05) is 13.1 Å². The Balaban J connectivity index is 1.89. The summed E-state index contributed by atoms with van der Waals surface area (Å²) in [6.07, 6.45) is 5.63. The van der Waals surface area contributed by atoms with Gasteiger partial charge in [-0.25, -0.2) is 0 Å². The maximum absolute atomic E-state index is 12.4. The molecular weight excluding hydrogens is 296 g/mol. The molecule has 1 aliphatic carbocycles. The number of amides is 1. The van der Waals surface area contributed by atoms with E-state index in [1.807, 2.05) is 24.4 Å². The number of hydrogen-bond donors (Lipinski definition) is 2. The molecule has 1 fully saturated rings. The monoisotopic (exact) mass is 324 g/mol. The fraction of sp³-hybridized carbons (Fsp3) is 0.706. The lowest BCUT2D eigenvalue weighted by Crippen LogP contribution is -2.46. The normalized spacial score (nSPS) is 19.1. The Hall–Kier alpha value is -0.910. The van der Waals surface area contributed by atoms with Gasteiger partial charge in [-0.05, 0) is 38.1 Å². The van der Waals surface area contributed by atoms with Crippen LogP contribution in [0.1, 0.15) is 56.9 Å². The third kappa shape index (κ3) is 5.38. The van der Waals surface area contributed by atoms with Crippen molar-refractivity contribution in [3.8, 4) is 0 Å². The summed E-state index contributed by atoms with van der Waals surface area (Å²) in [4.78, 5) is 15.7. The summed E-state index contributed by atoms with van der Waals surface area (Å²) in [7, 11) is 0. The highest BCUT2D eigenvalue weighted by molar-refractivity contribution is 7.10. The number of carbonyl (C=O) groups excluding carboxylic acids is 1. The SMILES string of the molecule is CC(O)CN(CC(=O)NC(C)c1cccs1)C1CCCCC1. The Kier molecular flexibility index (Phi) is 6.86. The third-order valence-electron chi connectivity index (χ3n) is 4.28. The molecule has 0 spiro atoms. The van der Waals surface area contributed by atoms with E-state index in [9.17, 15) is 9.90 Å². The van der Waals surface area contributed by atoms with Crippen LogP contribution < -0.4 is 5.32 Å². The van der Waals surface area contributed by atoms with E-state index < -0.39 is 6.10 Å². The summed E-state index contributed by atoms with van der Waals surface area (Å²) >= 11 is 1.66. The quantitative estimate of drug-likeness (QED) is 0.811. The van der Waals surface area contributed by atoms with E-state index in [1.165, 1.54) is 24.1 Å². The van der Waals surface area contributed by atoms with Crippen LogP contribution >= 0.6 is 11.3 Å². The molecular formula is C17H28N2O2S. The summed E-state index contributed by atoms with van der Waals surface area (Å²) < 4.78 is 0. The van der Waals surface area contributed by atoms with Gasteiger partial charge in [-0.1, -0.05) is 25.3 Å². The maximum atomic E-state index is 12.4. The van der Waals surface area contributed by atoms with Gasteiger partial charge in [-0.15, -0.1) is 11.3 Å². The van der Waals surface area contributed by atoms with Gasteiger partial charge in [0.15, 0.2) is 0 Å². The van der Waals surface area contributed by atoms with E-state index in [2.05, 4.69) is 10.2 Å². The van der Waals surface area contributed by atoms with Crippen LogP contribution in [-0.4, -0.2) is 41.1 Å². The molecule has 1 aliphatic rings. The number of carbonyl (C=O) groups is 1. The Labute approximate surface area is 137 Å². The van der Waals surface area contributed by atoms with Crippen LogP contribution in [0.4, 0.5) is 0 Å². The topological polar surface area (TPSA) is 52.6 Å². The summed E-state index contributed by atoms with van der Waals surface area (Å²) in [5.41, 5.74) is 0. The van der Waals surface area contributed by atoms with Gasteiger partial charge in [0.1, 0.15) is 0 Å². The van der Waals surface area contributed by atoms with Crippen molar-refractivity contribution in [3.63, 3.8) is 0 Å². The molecule has 22 heavy (non-hydrogen) atoms. The number of aliphatic hydroxyl groups is 1. The molecule has 0 bridgehead atoms. The van der Waals surface area contributed by atoms with Crippen LogP contribution in [0.2, 0.25) is 0 Å². The molecule has 0 radical (unpaired) electrons. The molecule has 2 unspecified atom stereocenters. The zero-order valence-electron chi connectivity index (χ0n) is 13.6. The zero-order valence-corrected chi connectivity index (χ0v) is 14.4. The fourth-order valence-corrected chi connectivity index (χ4v) is 3.94. The van der Waals surface area contributed by atoms with Gasteiger partial charge >= 0.3 is 0 Å². The van der Waals surface area contributed by atoms with Crippen LogP contribution in [-0.2, 0) is 4.79 Å². The van der Waals surface area contributed by atoms with E-state index in [1.54, 1.807) is 18.3 Å². The number of hydrogen-bond acceptors (Lipinski definition) is 4. The highest BCUT2D eigenvalue weighted by Crippen LogP contribution is 2.23. The molecule has 124 valence electrons. The van der Waals surface area contributed by atoms with Gasteiger partial charge in [0.2, 0.25) is 5.91 Å². The molecule has 1 aromatic rings. The smallest absolute Gasteiger partial charge is 0.234 e. The predicted octanol–water partition coefficient (Wildman–Crippen LogP) is 2.94. The number of nitrogens with one attached hydrogen (secondary N) is 1. The van der Waals surface area contributed by atoms with Crippen molar-refractivity contribution in [1.82, 2.24) is 10.2 Å². The molecule has 1 heterocycles. The van der Waals surface area contributed by atoms with E-state index in [0.29, 0.717) is 19.1 Å². The maximum Gasteiger partial charge on any atom is 0.234 e. The van der Waals surface area contributed by atoms with Crippen LogP contribution in [0.15, 0.2) is 17.5 Å². The van der Waals surface area contributed by atoms with Gasteiger partial charge in [0.05, 0.1) is 18.7 Å². The average Bonchev–Trinajstić information content (AvgIpc) is 3.01. The van der Waals surface area contributed by atoms with E-state index >= 15 is 0 Å². The predicted molar refractivity (Wildman–Crippen MR) is 91.0 cm³/mol. The molecule has 0 saturated heterocycles. The van der Waals surface area contributed by atoms with Crippen molar-refractivity contribution < 1.29 is 9.90 Å². The largest absolute Gasteiger partial charge is 0.392 e. The highest BCUT2D eigenvalue weighted by Gasteiger charge is 2.24. The van der Waals surface area contributed by atoms with Gasteiger partial charge in [0, 0.05) is 17.5 Å². The molecule has 2 atom stereocenters. The van der Waals surface area contributed by atoms with Crippen LogP contribution in [0.5, 0.6) is 0 Å². The van der Waals surface area contributed by atoms with Crippen LogP contribution in [0.3, 0.4) is 0 Å². The lowest BCUT2D eigenvalue weighted by molar-refractivity contribution is -0.124. The minimum atomic E-state index is -0.399.